The van der Waals surface area contributed by atoms with E-state index in [2.05, 4.69) is 12.2 Å². The molecule has 0 aromatic carbocycles. The third kappa shape index (κ3) is 3.21. The summed E-state index contributed by atoms with van der Waals surface area (Å²) in [5.74, 6) is 0. The van der Waals surface area contributed by atoms with Crippen LogP contribution in [0.1, 0.15) is 64.7 Å². The number of ether oxygens (including phenoxy) is 1. The summed E-state index contributed by atoms with van der Waals surface area (Å²) in [5.41, 5.74) is 0.313. The molecule has 16 heavy (non-hydrogen) atoms. The van der Waals surface area contributed by atoms with Crippen molar-refractivity contribution in [3.8, 4) is 0 Å². The second-order valence-corrected chi connectivity index (χ2v) is 5.56. The smallest absolute Gasteiger partial charge is 0.0687 e. The van der Waals surface area contributed by atoms with Gasteiger partial charge < -0.3 is 10.1 Å². The molecule has 1 aliphatic carbocycles. The highest BCUT2D eigenvalue weighted by Gasteiger charge is 2.40. The first-order valence-electron chi connectivity index (χ1n) is 7.23. The van der Waals surface area contributed by atoms with E-state index in [-0.39, 0.29) is 0 Å². The summed E-state index contributed by atoms with van der Waals surface area (Å²) in [6, 6.07) is 0. The Kier molecular flexibility index (Phi) is 4.66. The van der Waals surface area contributed by atoms with E-state index in [0.717, 1.165) is 13.1 Å². The summed E-state index contributed by atoms with van der Waals surface area (Å²) in [6.07, 6.45) is 12.5. The normalized spacial score (nSPS) is 28.7. The van der Waals surface area contributed by atoms with Crippen LogP contribution in [0.2, 0.25) is 0 Å². The lowest BCUT2D eigenvalue weighted by Crippen LogP contribution is -2.32. The summed E-state index contributed by atoms with van der Waals surface area (Å²) >= 11 is 0. The van der Waals surface area contributed by atoms with E-state index in [4.69, 9.17) is 4.74 Å². The zero-order chi connectivity index (χ0) is 11.3. The van der Waals surface area contributed by atoms with Crippen molar-refractivity contribution in [2.45, 2.75) is 76.4 Å². The standard InChI is InChI=1S/C14H27NO/c1-2-11-15-12-7-13-6-10-14(16-13)8-4-3-5-9-14/h13,15H,2-12H2,1H3. The van der Waals surface area contributed by atoms with Crippen molar-refractivity contribution in [1.82, 2.24) is 5.32 Å². The minimum Gasteiger partial charge on any atom is -0.372 e. The van der Waals surface area contributed by atoms with Crippen molar-refractivity contribution in [2.75, 3.05) is 13.1 Å². The van der Waals surface area contributed by atoms with E-state index in [9.17, 15) is 0 Å². The molecule has 2 fully saturated rings. The first-order valence-corrected chi connectivity index (χ1v) is 7.23. The summed E-state index contributed by atoms with van der Waals surface area (Å²) < 4.78 is 6.33. The molecule has 1 spiro atoms. The Morgan fingerprint density at radius 1 is 1.12 bits per heavy atom. The molecule has 1 unspecified atom stereocenters. The third-order valence-corrected chi connectivity index (χ3v) is 4.17. The van der Waals surface area contributed by atoms with Gasteiger partial charge in [-0.3, -0.25) is 0 Å². The van der Waals surface area contributed by atoms with Crippen molar-refractivity contribution >= 4 is 0 Å². The van der Waals surface area contributed by atoms with Crippen LogP contribution < -0.4 is 5.32 Å². The van der Waals surface area contributed by atoms with Gasteiger partial charge >= 0.3 is 0 Å². The second-order valence-electron chi connectivity index (χ2n) is 5.56. The molecule has 0 aromatic heterocycles. The van der Waals surface area contributed by atoms with E-state index in [1.165, 1.54) is 57.8 Å². The van der Waals surface area contributed by atoms with Crippen molar-refractivity contribution in [3.63, 3.8) is 0 Å². The lowest BCUT2D eigenvalue weighted by molar-refractivity contribution is -0.0652. The summed E-state index contributed by atoms with van der Waals surface area (Å²) in [6.45, 7) is 4.50. The summed E-state index contributed by atoms with van der Waals surface area (Å²) in [4.78, 5) is 0. The van der Waals surface area contributed by atoms with Crippen LogP contribution in [0.15, 0.2) is 0 Å². The van der Waals surface area contributed by atoms with Gasteiger partial charge in [0.25, 0.3) is 0 Å². The average molecular weight is 225 g/mol. The fourth-order valence-corrected chi connectivity index (χ4v) is 3.23. The highest BCUT2D eigenvalue weighted by molar-refractivity contribution is 4.91. The predicted octanol–water partition coefficient (Wildman–Crippen LogP) is 3.26. The van der Waals surface area contributed by atoms with Gasteiger partial charge in [-0.05, 0) is 51.6 Å². The van der Waals surface area contributed by atoms with E-state index < -0.39 is 0 Å². The Hall–Kier alpha value is -0.0800. The highest BCUT2D eigenvalue weighted by atomic mass is 16.5. The second kappa shape index (κ2) is 6.02. The lowest BCUT2D eigenvalue weighted by Gasteiger charge is -2.33. The molecule has 1 heterocycles. The Labute approximate surface area is 100 Å². The van der Waals surface area contributed by atoms with Gasteiger partial charge in [0.05, 0.1) is 11.7 Å². The van der Waals surface area contributed by atoms with Crippen LogP contribution in [0, 0.1) is 0 Å². The van der Waals surface area contributed by atoms with Gasteiger partial charge in [0.1, 0.15) is 0 Å². The van der Waals surface area contributed by atoms with Crippen LogP contribution in [0.4, 0.5) is 0 Å². The zero-order valence-corrected chi connectivity index (χ0v) is 10.8. The van der Waals surface area contributed by atoms with Crippen molar-refractivity contribution in [1.29, 1.82) is 0 Å². The van der Waals surface area contributed by atoms with Gasteiger partial charge in [0.2, 0.25) is 0 Å². The molecule has 2 rings (SSSR count). The van der Waals surface area contributed by atoms with Crippen LogP contribution in [0.5, 0.6) is 0 Å². The maximum absolute atomic E-state index is 6.33. The molecular weight excluding hydrogens is 198 g/mol. The fraction of sp³-hybridized carbons (Fsp3) is 1.00. The molecule has 2 aliphatic rings. The third-order valence-electron chi connectivity index (χ3n) is 4.17. The Morgan fingerprint density at radius 2 is 1.94 bits per heavy atom. The first kappa shape index (κ1) is 12.4. The number of hydrogen-bond acceptors (Lipinski definition) is 2. The molecule has 0 aromatic rings. The first-order chi connectivity index (χ1) is 7.85. The fourth-order valence-electron chi connectivity index (χ4n) is 3.23. The van der Waals surface area contributed by atoms with Gasteiger partial charge in [-0.1, -0.05) is 26.2 Å². The van der Waals surface area contributed by atoms with Crippen LogP contribution in [-0.2, 0) is 4.74 Å². The Bertz CT molecular complexity index is 199. The molecule has 2 heteroatoms. The van der Waals surface area contributed by atoms with E-state index >= 15 is 0 Å². The maximum atomic E-state index is 6.33. The zero-order valence-electron chi connectivity index (χ0n) is 10.8. The molecule has 1 N–H and O–H groups in total. The molecule has 1 atom stereocenters. The summed E-state index contributed by atoms with van der Waals surface area (Å²) in [7, 11) is 0. The monoisotopic (exact) mass is 225 g/mol. The molecule has 1 aliphatic heterocycles. The van der Waals surface area contributed by atoms with E-state index in [1.807, 2.05) is 0 Å². The van der Waals surface area contributed by atoms with Crippen LogP contribution >= 0.6 is 0 Å². The predicted molar refractivity (Wildman–Crippen MR) is 67.7 cm³/mol. The number of rotatable bonds is 5. The Balaban J connectivity index is 1.66. The largest absolute Gasteiger partial charge is 0.372 e. The van der Waals surface area contributed by atoms with Crippen molar-refractivity contribution in [3.05, 3.63) is 0 Å². The van der Waals surface area contributed by atoms with Crippen LogP contribution in [0.3, 0.4) is 0 Å². The van der Waals surface area contributed by atoms with Gasteiger partial charge in [-0.15, -0.1) is 0 Å². The molecule has 94 valence electrons. The van der Waals surface area contributed by atoms with Crippen molar-refractivity contribution in [2.24, 2.45) is 0 Å². The maximum Gasteiger partial charge on any atom is 0.0687 e. The molecular formula is C14H27NO. The van der Waals surface area contributed by atoms with E-state index in [1.54, 1.807) is 0 Å². The molecule has 1 saturated heterocycles. The molecule has 1 saturated carbocycles. The Morgan fingerprint density at radius 3 is 2.69 bits per heavy atom. The van der Waals surface area contributed by atoms with Gasteiger partial charge in [0.15, 0.2) is 0 Å². The highest BCUT2D eigenvalue weighted by Crippen LogP contribution is 2.42. The lowest BCUT2D eigenvalue weighted by atomic mass is 9.83. The van der Waals surface area contributed by atoms with Gasteiger partial charge in [-0.2, -0.15) is 0 Å². The minimum absolute atomic E-state index is 0.313. The molecule has 0 radical (unpaired) electrons. The molecule has 0 bridgehead atoms. The van der Waals surface area contributed by atoms with E-state index in [0.29, 0.717) is 11.7 Å². The van der Waals surface area contributed by atoms with Crippen LogP contribution in [0.25, 0.3) is 0 Å². The SMILES string of the molecule is CCCNCCC1CCC2(CCCCC2)O1. The summed E-state index contributed by atoms with van der Waals surface area (Å²) in [5, 5.41) is 3.47. The van der Waals surface area contributed by atoms with Crippen LogP contribution in [-0.4, -0.2) is 24.8 Å². The van der Waals surface area contributed by atoms with Gasteiger partial charge in [-0.25, -0.2) is 0 Å². The topological polar surface area (TPSA) is 21.3 Å². The molecule has 0 amide bonds. The average Bonchev–Trinajstić information content (AvgIpc) is 2.69. The quantitative estimate of drug-likeness (QED) is 0.725. The number of hydrogen-bond donors (Lipinski definition) is 1. The minimum atomic E-state index is 0.313. The van der Waals surface area contributed by atoms with Gasteiger partial charge in [0, 0.05) is 0 Å². The number of nitrogens with one attached hydrogen (secondary N) is 1. The molecule has 2 nitrogen and oxygen atoms in total. The van der Waals surface area contributed by atoms with Crippen molar-refractivity contribution < 1.29 is 4.74 Å².